The molecule has 6 nitrogen and oxygen atoms in total. The fourth-order valence-electron chi connectivity index (χ4n) is 3.25. The molecule has 0 fully saturated rings. The van der Waals surface area contributed by atoms with Crippen molar-refractivity contribution in [1.29, 1.82) is 0 Å². The number of para-hydroxylation sites is 1. The summed E-state index contributed by atoms with van der Waals surface area (Å²) < 4.78 is 2.97. The average molecular weight is 413 g/mol. The number of fused-ring (bicyclic) bond motifs is 2. The third-order valence-electron chi connectivity index (χ3n) is 4.61. The molecule has 4 heterocycles. The van der Waals surface area contributed by atoms with Gasteiger partial charge in [-0.2, -0.15) is 9.61 Å². The quantitative estimate of drug-likeness (QED) is 0.400. The van der Waals surface area contributed by atoms with E-state index < -0.39 is 0 Å². The van der Waals surface area contributed by atoms with Crippen LogP contribution < -0.4 is 0 Å². The minimum atomic E-state index is 0.711. The van der Waals surface area contributed by atoms with Gasteiger partial charge in [0, 0.05) is 29.1 Å². The molecule has 0 aliphatic carbocycles. The van der Waals surface area contributed by atoms with E-state index in [4.69, 9.17) is 10.1 Å². The van der Waals surface area contributed by atoms with E-state index in [1.807, 2.05) is 42.5 Å². The van der Waals surface area contributed by atoms with Gasteiger partial charge in [0.2, 0.25) is 4.96 Å². The van der Waals surface area contributed by atoms with Crippen molar-refractivity contribution < 1.29 is 0 Å². The van der Waals surface area contributed by atoms with Gasteiger partial charge in [-0.3, -0.25) is 4.98 Å². The van der Waals surface area contributed by atoms with E-state index >= 15 is 0 Å². The summed E-state index contributed by atoms with van der Waals surface area (Å²) in [7, 11) is 0. The predicted molar refractivity (Wildman–Crippen MR) is 116 cm³/mol. The number of aromatic nitrogens is 6. The van der Waals surface area contributed by atoms with Crippen molar-refractivity contribution in [1.82, 2.24) is 29.8 Å². The second-order valence-electron chi connectivity index (χ2n) is 6.39. The minimum absolute atomic E-state index is 0.711. The van der Waals surface area contributed by atoms with Gasteiger partial charge in [-0.25, -0.2) is 4.98 Å². The van der Waals surface area contributed by atoms with Crippen molar-refractivity contribution >= 4 is 37.9 Å². The van der Waals surface area contributed by atoms with Crippen LogP contribution in [0, 0.1) is 0 Å². The summed E-state index contributed by atoms with van der Waals surface area (Å²) in [6.07, 6.45) is 3.48. The molecule has 0 N–H and O–H groups in total. The number of thiazole rings is 1. The van der Waals surface area contributed by atoms with Crippen molar-refractivity contribution in [3.63, 3.8) is 0 Å². The Morgan fingerprint density at radius 3 is 2.31 bits per heavy atom. The molecule has 2 aromatic carbocycles. The van der Waals surface area contributed by atoms with Crippen molar-refractivity contribution in [2.24, 2.45) is 0 Å². The van der Waals surface area contributed by atoms with E-state index in [0.29, 0.717) is 5.82 Å². The average Bonchev–Trinajstić information content (AvgIpc) is 3.48. The SMILES string of the molecule is c1ccc(-c2nn3c(-c4ccncc4)nnc3s2)c(-c2nc3ccccc3s2)c1. The van der Waals surface area contributed by atoms with Crippen LogP contribution >= 0.6 is 22.7 Å². The second kappa shape index (κ2) is 6.54. The zero-order valence-electron chi connectivity index (χ0n) is 14.9. The maximum atomic E-state index is 4.83. The molecule has 0 spiro atoms. The van der Waals surface area contributed by atoms with Crippen LogP contribution in [0.15, 0.2) is 73.1 Å². The Morgan fingerprint density at radius 1 is 0.724 bits per heavy atom. The van der Waals surface area contributed by atoms with Crippen LogP contribution in [0.25, 0.3) is 47.7 Å². The third kappa shape index (κ3) is 2.72. The summed E-state index contributed by atoms with van der Waals surface area (Å²) in [6.45, 7) is 0. The van der Waals surface area contributed by atoms with E-state index in [0.717, 1.165) is 37.2 Å². The molecule has 6 rings (SSSR count). The highest BCUT2D eigenvalue weighted by Gasteiger charge is 2.18. The molecule has 138 valence electrons. The molecule has 0 saturated carbocycles. The Labute approximate surface area is 173 Å². The number of rotatable bonds is 3. The lowest BCUT2D eigenvalue weighted by Crippen LogP contribution is -1.91. The minimum Gasteiger partial charge on any atom is -0.265 e. The predicted octanol–water partition coefficient (Wildman–Crippen LogP) is 5.19. The monoisotopic (exact) mass is 412 g/mol. The summed E-state index contributed by atoms with van der Waals surface area (Å²) in [5.74, 6) is 0.711. The number of hydrogen-bond acceptors (Lipinski definition) is 7. The van der Waals surface area contributed by atoms with Crippen molar-refractivity contribution in [2.45, 2.75) is 0 Å². The van der Waals surface area contributed by atoms with Gasteiger partial charge in [0.1, 0.15) is 10.0 Å². The fraction of sp³-hybridized carbons (Fsp3) is 0. The molecule has 4 aromatic heterocycles. The van der Waals surface area contributed by atoms with Crippen LogP contribution in [-0.2, 0) is 0 Å². The molecule has 0 radical (unpaired) electrons. The second-order valence-corrected chi connectivity index (χ2v) is 8.38. The van der Waals surface area contributed by atoms with Crippen molar-refractivity contribution in [2.75, 3.05) is 0 Å². The zero-order valence-corrected chi connectivity index (χ0v) is 16.6. The standard InChI is InChI=1S/C21H12N6S2/c1-2-6-15(14(5-1)19-23-16-7-3-4-8-17(16)28-19)20-26-27-18(24-25-21(27)29-20)13-9-11-22-12-10-13/h1-12H. The summed E-state index contributed by atoms with van der Waals surface area (Å²) in [5.41, 5.74) is 4.07. The highest BCUT2D eigenvalue weighted by molar-refractivity contribution is 7.22. The van der Waals surface area contributed by atoms with Gasteiger partial charge in [-0.1, -0.05) is 47.7 Å². The Kier molecular flexibility index (Phi) is 3.71. The first-order valence-corrected chi connectivity index (χ1v) is 10.6. The van der Waals surface area contributed by atoms with E-state index in [1.165, 1.54) is 16.0 Å². The van der Waals surface area contributed by atoms with Crippen LogP contribution in [0.2, 0.25) is 0 Å². The Hall–Kier alpha value is -3.49. The molecule has 8 heteroatoms. The van der Waals surface area contributed by atoms with E-state index in [1.54, 1.807) is 28.2 Å². The molecule has 0 aliphatic rings. The zero-order chi connectivity index (χ0) is 19.2. The van der Waals surface area contributed by atoms with Crippen molar-refractivity contribution in [3.8, 4) is 32.5 Å². The number of nitrogens with zero attached hydrogens (tertiary/aromatic N) is 6. The Balaban J connectivity index is 1.51. The summed E-state index contributed by atoms with van der Waals surface area (Å²) in [5, 5.41) is 15.3. The van der Waals surface area contributed by atoms with Gasteiger partial charge < -0.3 is 0 Å². The molecule has 0 saturated heterocycles. The van der Waals surface area contributed by atoms with Crippen molar-refractivity contribution in [3.05, 3.63) is 73.1 Å². The van der Waals surface area contributed by atoms with Crippen LogP contribution in [0.1, 0.15) is 0 Å². The Morgan fingerprint density at radius 2 is 1.48 bits per heavy atom. The number of pyridine rings is 1. The summed E-state index contributed by atoms with van der Waals surface area (Å²) in [4.78, 5) is 9.66. The molecule has 0 aliphatic heterocycles. The largest absolute Gasteiger partial charge is 0.265 e. The first-order chi connectivity index (χ1) is 14.4. The number of hydrogen-bond donors (Lipinski definition) is 0. The van der Waals surface area contributed by atoms with Crippen LogP contribution in [0.3, 0.4) is 0 Å². The topological polar surface area (TPSA) is 68.9 Å². The smallest absolute Gasteiger partial charge is 0.235 e. The van der Waals surface area contributed by atoms with Crippen LogP contribution in [0.5, 0.6) is 0 Å². The van der Waals surface area contributed by atoms with Gasteiger partial charge in [0.25, 0.3) is 0 Å². The van der Waals surface area contributed by atoms with Gasteiger partial charge in [0.15, 0.2) is 5.82 Å². The molecule has 29 heavy (non-hydrogen) atoms. The van der Waals surface area contributed by atoms with E-state index in [-0.39, 0.29) is 0 Å². The van der Waals surface area contributed by atoms with E-state index in [9.17, 15) is 0 Å². The van der Waals surface area contributed by atoms with Crippen LogP contribution in [-0.4, -0.2) is 29.8 Å². The molecular weight excluding hydrogens is 400 g/mol. The molecule has 0 bridgehead atoms. The number of benzene rings is 2. The normalized spacial score (nSPS) is 11.4. The molecular formula is C21H12N6S2. The lowest BCUT2D eigenvalue weighted by atomic mass is 10.1. The molecule has 0 amide bonds. The first-order valence-electron chi connectivity index (χ1n) is 8.95. The lowest BCUT2D eigenvalue weighted by Gasteiger charge is -2.03. The highest BCUT2D eigenvalue weighted by Crippen LogP contribution is 2.38. The van der Waals surface area contributed by atoms with Gasteiger partial charge in [-0.15, -0.1) is 21.5 Å². The Bertz CT molecular complexity index is 1430. The third-order valence-corrected chi connectivity index (χ3v) is 6.61. The lowest BCUT2D eigenvalue weighted by molar-refractivity contribution is 0.970. The highest BCUT2D eigenvalue weighted by atomic mass is 32.1. The summed E-state index contributed by atoms with van der Waals surface area (Å²) in [6, 6.07) is 20.3. The van der Waals surface area contributed by atoms with E-state index in [2.05, 4.69) is 33.4 Å². The molecule has 0 atom stereocenters. The maximum absolute atomic E-state index is 4.83. The molecule has 6 aromatic rings. The fourth-order valence-corrected chi connectivity index (χ4v) is 5.13. The van der Waals surface area contributed by atoms with Gasteiger partial charge in [-0.05, 0) is 24.3 Å². The van der Waals surface area contributed by atoms with Gasteiger partial charge >= 0.3 is 0 Å². The molecule has 0 unspecified atom stereocenters. The van der Waals surface area contributed by atoms with Gasteiger partial charge in [0.05, 0.1) is 10.2 Å². The maximum Gasteiger partial charge on any atom is 0.235 e. The summed E-state index contributed by atoms with van der Waals surface area (Å²) >= 11 is 3.21. The first kappa shape index (κ1) is 16.5. The van der Waals surface area contributed by atoms with Crippen LogP contribution in [0.4, 0.5) is 0 Å².